The Morgan fingerprint density at radius 3 is 2.54 bits per heavy atom. The average Bonchev–Trinajstić information content (AvgIpc) is 3.32. The molecule has 0 N–H and O–H groups in total. The minimum atomic E-state index is -0.0292. The van der Waals surface area contributed by atoms with Gasteiger partial charge >= 0.3 is 0 Å². The van der Waals surface area contributed by atoms with E-state index in [1.165, 1.54) is 12.8 Å². The lowest BCUT2D eigenvalue weighted by Gasteiger charge is -2.44. The van der Waals surface area contributed by atoms with E-state index in [1.807, 2.05) is 33.2 Å². The molecule has 1 aliphatic heterocycles. The van der Waals surface area contributed by atoms with Crippen LogP contribution in [0.2, 0.25) is 0 Å². The van der Waals surface area contributed by atoms with Crippen molar-refractivity contribution in [2.75, 3.05) is 25.0 Å². The van der Waals surface area contributed by atoms with E-state index < -0.39 is 0 Å². The minimum absolute atomic E-state index is 0.0292. The maximum absolute atomic E-state index is 12.5. The fraction of sp³-hybridized carbons (Fsp3) is 0.529. The Morgan fingerprint density at radius 2 is 2.00 bits per heavy atom. The fourth-order valence-corrected chi connectivity index (χ4v) is 3.00. The van der Waals surface area contributed by atoms with Crippen LogP contribution in [0, 0.1) is 6.92 Å². The summed E-state index contributed by atoms with van der Waals surface area (Å²) in [7, 11) is 3.69. The Hall–Kier alpha value is -2.44. The first kappa shape index (κ1) is 15.1. The van der Waals surface area contributed by atoms with E-state index in [1.54, 1.807) is 9.58 Å². The van der Waals surface area contributed by atoms with Crippen molar-refractivity contribution >= 4 is 11.7 Å². The smallest absolute Gasteiger partial charge is 0.274 e. The van der Waals surface area contributed by atoms with Gasteiger partial charge in [-0.05, 0) is 38.0 Å². The van der Waals surface area contributed by atoms with Gasteiger partial charge in [-0.2, -0.15) is 10.2 Å². The first-order valence-electron chi connectivity index (χ1n) is 8.39. The van der Waals surface area contributed by atoms with Crippen LogP contribution in [0.1, 0.15) is 40.6 Å². The summed E-state index contributed by atoms with van der Waals surface area (Å²) in [5, 5.41) is 12.9. The van der Waals surface area contributed by atoms with Gasteiger partial charge in [0.15, 0.2) is 11.5 Å². The normalized spacial score (nSPS) is 17.7. The molecule has 7 nitrogen and oxygen atoms in total. The van der Waals surface area contributed by atoms with Gasteiger partial charge in [0.05, 0.1) is 11.7 Å². The van der Waals surface area contributed by atoms with Crippen molar-refractivity contribution in [1.29, 1.82) is 0 Å². The number of rotatable bonds is 4. The summed E-state index contributed by atoms with van der Waals surface area (Å²) in [5.41, 5.74) is 2.59. The quantitative estimate of drug-likeness (QED) is 0.848. The van der Waals surface area contributed by atoms with E-state index in [9.17, 15) is 4.79 Å². The topological polar surface area (TPSA) is 67.2 Å². The number of nitrogens with zero attached hydrogens (tertiary/aromatic N) is 6. The number of hydrogen-bond donors (Lipinski definition) is 0. The molecule has 24 heavy (non-hydrogen) atoms. The van der Waals surface area contributed by atoms with E-state index >= 15 is 0 Å². The van der Waals surface area contributed by atoms with E-state index in [4.69, 9.17) is 0 Å². The lowest BCUT2D eigenvalue weighted by Crippen LogP contribution is -2.60. The minimum Gasteiger partial charge on any atom is -0.351 e. The number of anilines is 1. The lowest BCUT2D eigenvalue weighted by atomic mass is 10.1. The maximum Gasteiger partial charge on any atom is 0.274 e. The largest absolute Gasteiger partial charge is 0.351 e. The van der Waals surface area contributed by atoms with Crippen molar-refractivity contribution < 1.29 is 4.79 Å². The number of amides is 1. The molecule has 7 heteroatoms. The van der Waals surface area contributed by atoms with Gasteiger partial charge in [0.2, 0.25) is 0 Å². The first-order valence-corrected chi connectivity index (χ1v) is 8.39. The zero-order valence-corrected chi connectivity index (χ0v) is 14.3. The number of aromatic nitrogens is 4. The molecule has 0 aromatic carbocycles. The zero-order chi connectivity index (χ0) is 16.8. The summed E-state index contributed by atoms with van der Waals surface area (Å²) in [6.07, 6.45) is 2.47. The third kappa shape index (κ3) is 2.64. The van der Waals surface area contributed by atoms with Crippen molar-refractivity contribution in [3.05, 3.63) is 35.3 Å². The number of hydrogen-bond acceptors (Lipinski definition) is 5. The van der Waals surface area contributed by atoms with E-state index in [2.05, 4.69) is 26.3 Å². The predicted octanol–water partition coefficient (Wildman–Crippen LogP) is 1.36. The van der Waals surface area contributed by atoms with Crippen LogP contribution in [0.3, 0.4) is 0 Å². The van der Waals surface area contributed by atoms with Crippen LogP contribution in [0.25, 0.3) is 0 Å². The van der Waals surface area contributed by atoms with Crippen LogP contribution in [-0.4, -0.2) is 57.0 Å². The van der Waals surface area contributed by atoms with Crippen molar-refractivity contribution in [1.82, 2.24) is 24.9 Å². The van der Waals surface area contributed by atoms with Gasteiger partial charge in [-0.25, -0.2) is 0 Å². The molecule has 0 unspecified atom stereocenters. The standard InChI is InChI=1S/C17H22N6O/c1-11-8-15(20-22(11)3)17(24)21(2)13-9-23(10-13)16-7-6-14(18-19-16)12-4-5-12/h6-8,12-13H,4-5,9-10H2,1-3H3. The highest BCUT2D eigenvalue weighted by Gasteiger charge is 2.34. The van der Waals surface area contributed by atoms with E-state index in [0.29, 0.717) is 11.6 Å². The Labute approximate surface area is 141 Å². The Bertz CT molecular complexity index is 738. The van der Waals surface area contributed by atoms with Gasteiger partial charge in [0.1, 0.15) is 0 Å². The molecule has 0 bridgehead atoms. The fourth-order valence-electron chi connectivity index (χ4n) is 3.00. The molecule has 2 aromatic rings. The molecule has 1 amide bonds. The van der Waals surface area contributed by atoms with Crippen LogP contribution in [0.4, 0.5) is 5.82 Å². The Morgan fingerprint density at radius 1 is 1.25 bits per heavy atom. The molecule has 2 aromatic heterocycles. The van der Waals surface area contributed by atoms with Crippen LogP contribution in [0.5, 0.6) is 0 Å². The Balaban J connectivity index is 1.36. The molecule has 0 radical (unpaired) electrons. The molecule has 4 rings (SSSR count). The second-order valence-corrected chi connectivity index (χ2v) is 6.86. The van der Waals surface area contributed by atoms with Crippen LogP contribution >= 0.6 is 0 Å². The average molecular weight is 326 g/mol. The molecule has 1 saturated heterocycles. The highest BCUT2D eigenvalue weighted by molar-refractivity contribution is 5.92. The molecule has 1 saturated carbocycles. The SMILES string of the molecule is Cc1cc(C(=O)N(C)C2CN(c3ccc(C4CC4)nn3)C2)nn1C. The molecule has 1 aliphatic carbocycles. The lowest BCUT2D eigenvalue weighted by molar-refractivity contribution is 0.0698. The van der Waals surface area contributed by atoms with Crippen LogP contribution in [-0.2, 0) is 7.05 Å². The second kappa shape index (κ2) is 5.58. The van der Waals surface area contributed by atoms with Crippen molar-refractivity contribution in [3.63, 3.8) is 0 Å². The van der Waals surface area contributed by atoms with Gasteiger partial charge in [0, 0.05) is 38.8 Å². The maximum atomic E-state index is 12.5. The van der Waals surface area contributed by atoms with Crippen molar-refractivity contribution in [3.8, 4) is 0 Å². The van der Waals surface area contributed by atoms with Crippen LogP contribution < -0.4 is 4.90 Å². The van der Waals surface area contributed by atoms with Crippen LogP contribution in [0.15, 0.2) is 18.2 Å². The van der Waals surface area contributed by atoms with E-state index in [-0.39, 0.29) is 11.9 Å². The predicted molar refractivity (Wildman–Crippen MR) is 90.0 cm³/mol. The summed E-state index contributed by atoms with van der Waals surface area (Å²) in [6.45, 7) is 3.51. The molecular formula is C17H22N6O. The first-order chi connectivity index (χ1) is 11.5. The highest BCUT2D eigenvalue weighted by atomic mass is 16.2. The highest BCUT2D eigenvalue weighted by Crippen LogP contribution is 2.38. The number of likely N-dealkylation sites (N-methyl/N-ethyl adjacent to an activating group) is 1. The zero-order valence-electron chi connectivity index (χ0n) is 14.3. The Kier molecular flexibility index (Phi) is 3.51. The summed E-state index contributed by atoms with van der Waals surface area (Å²) in [6, 6.07) is 6.14. The number of carbonyl (C=O) groups excluding carboxylic acids is 1. The second-order valence-electron chi connectivity index (χ2n) is 6.86. The molecule has 3 heterocycles. The summed E-state index contributed by atoms with van der Waals surface area (Å²) >= 11 is 0. The third-order valence-corrected chi connectivity index (χ3v) is 5.05. The van der Waals surface area contributed by atoms with Gasteiger partial charge in [0.25, 0.3) is 5.91 Å². The van der Waals surface area contributed by atoms with E-state index in [0.717, 1.165) is 30.3 Å². The summed E-state index contributed by atoms with van der Waals surface area (Å²) in [5.74, 6) is 1.49. The molecule has 2 fully saturated rings. The molecule has 2 aliphatic rings. The third-order valence-electron chi connectivity index (χ3n) is 5.05. The molecule has 126 valence electrons. The van der Waals surface area contributed by atoms with Gasteiger partial charge in [-0.1, -0.05) is 0 Å². The van der Waals surface area contributed by atoms with Gasteiger partial charge in [-0.3, -0.25) is 9.48 Å². The summed E-state index contributed by atoms with van der Waals surface area (Å²) in [4.78, 5) is 16.5. The molecular weight excluding hydrogens is 304 g/mol. The van der Waals surface area contributed by atoms with Gasteiger partial charge < -0.3 is 9.80 Å². The van der Waals surface area contributed by atoms with Gasteiger partial charge in [-0.15, -0.1) is 5.10 Å². The van der Waals surface area contributed by atoms with Crippen molar-refractivity contribution in [2.24, 2.45) is 7.05 Å². The van der Waals surface area contributed by atoms with Crippen molar-refractivity contribution in [2.45, 2.75) is 31.7 Å². The number of aryl methyl sites for hydroxylation is 2. The molecule has 0 spiro atoms. The molecule has 0 atom stereocenters. The summed E-state index contributed by atoms with van der Waals surface area (Å²) < 4.78 is 1.73. The number of carbonyl (C=O) groups is 1. The monoisotopic (exact) mass is 326 g/mol.